The van der Waals surface area contributed by atoms with E-state index in [1.165, 1.54) is 12.1 Å². The Morgan fingerprint density at radius 2 is 1.64 bits per heavy atom. The average molecular weight is 307 g/mol. The fourth-order valence-corrected chi connectivity index (χ4v) is 2.23. The van der Waals surface area contributed by atoms with Gasteiger partial charge in [0.25, 0.3) is 0 Å². The van der Waals surface area contributed by atoms with Gasteiger partial charge in [-0.15, -0.1) is 0 Å². The van der Waals surface area contributed by atoms with Crippen LogP contribution >= 0.6 is 0 Å². The first-order valence-corrected chi connectivity index (χ1v) is 6.95. The molecule has 0 spiro atoms. The highest BCUT2D eigenvalue weighted by molar-refractivity contribution is 5.95. The summed E-state index contributed by atoms with van der Waals surface area (Å²) >= 11 is 0. The lowest BCUT2D eigenvalue weighted by Gasteiger charge is -2.16. The summed E-state index contributed by atoms with van der Waals surface area (Å²) in [7, 11) is 0. The fraction of sp³-hybridized carbons (Fsp3) is 0.235. The maximum Gasteiger partial charge on any atom is 0.416 e. The van der Waals surface area contributed by atoms with Crippen molar-refractivity contribution in [1.82, 2.24) is 0 Å². The molecule has 0 radical (unpaired) electrons. The molecule has 0 aliphatic rings. The van der Waals surface area contributed by atoms with Crippen molar-refractivity contribution < 1.29 is 18.0 Å². The van der Waals surface area contributed by atoms with Crippen LogP contribution in [0.25, 0.3) is 0 Å². The van der Waals surface area contributed by atoms with E-state index in [1.54, 1.807) is 0 Å². The summed E-state index contributed by atoms with van der Waals surface area (Å²) in [6.45, 7) is 1.89. The van der Waals surface area contributed by atoms with Gasteiger partial charge in [0.1, 0.15) is 0 Å². The molecule has 0 heterocycles. The van der Waals surface area contributed by atoms with Crippen LogP contribution in [0.5, 0.6) is 0 Å². The number of rotatable bonds is 4. The lowest BCUT2D eigenvalue weighted by molar-refractivity contribution is -0.137. The highest BCUT2D eigenvalue weighted by Gasteiger charge is 2.30. The van der Waals surface area contributed by atoms with Crippen molar-refractivity contribution in [3.05, 3.63) is 65.7 Å². The molecule has 1 amide bonds. The van der Waals surface area contributed by atoms with Crippen LogP contribution in [0, 0.1) is 0 Å². The monoisotopic (exact) mass is 307 g/mol. The van der Waals surface area contributed by atoms with Crippen molar-refractivity contribution in [3.63, 3.8) is 0 Å². The maximum absolute atomic E-state index is 12.5. The Labute approximate surface area is 127 Å². The number of hydrogen-bond donors (Lipinski definition) is 1. The molecule has 0 bridgehead atoms. The number of nitrogens with one attached hydrogen (secondary N) is 1. The summed E-state index contributed by atoms with van der Waals surface area (Å²) in [6.07, 6.45) is -3.77. The molecule has 2 aromatic carbocycles. The van der Waals surface area contributed by atoms with Crippen molar-refractivity contribution in [1.29, 1.82) is 0 Å². The molecule has 2 nitrogen and oxygen atoms in total. The lowest BCUT2D eigenvalue weighted by atomic mass is 9.95. The van der Waals surface area contributed by atoms with Crippen molar-refractivity contribution in [2.24, 2.45) is 0 Å². The molecule has 0 fully saturated rings. The molecule has 0 unspecified atom stereocenters. The molecule has 0 aliphatic carbocycles. The van der Waals surface area contributed by atoms with E-state index in [-0.39, 0.29) is 11.8 Å². The highest BCUT2D eigenvalue weighted by Crippen LogP contribution is 2.30. The van der Waals surface area contributed by atoms with E-state index in [9.17, 15) is 18.0 Å². The van der Waals surface area contributed by atoms with Gasteiger partial charge in [0, 0.05) is 5.69 Å². The molecule has 0 saturated heterocycles. The Kier molecular flexibility index (Phi) is 4.85. The third-order valence-corrected chi connectivity index (χ3v) is 3.41. The Morgan fingerprint density at radius 1 is 1.05 bits per heavy atom. The maximum atomic E-state index is 12.5. The van der Waals surface area contributed by atoms with Gasteiger partial charge in [-0.3, -0.25) is 4.79 Å². The van der Waals surface area contributed by atoms with Gasteiger partial charge in [0.05, 0.1) is 11.5 Å². The number of halogens is 3. The fourth-order valence-electron chi connectivity index (χ4n) is 2.23. The lowest BCUT2D eigenvalue weighted by Crippen LogP contribution is -2.20. The Hall–Kier alpha value is -2.30. The summed E-state index contributed by atoms with van der Waals surface area (Å²) in [5.41, 5.74) is 0.502. The molecule has 1 atom stereocenters. The molecule has 0 saturated carbocycles. The van der Waals surface area contributed by atoms with Gasteiger partial charge in [-0.1, -0.05) is 37.3 Å². The number of carbonyl (C=O) groups excluding carboxylic acids is 1. The molecule has 0 aromatic heterocycles. The molecule has 116 valence electrons. The van der Waals surface area contributed by atoms with E-state index in [2.05, 4.69) is 5.32 Å². The third-order valence-electron chi connectivity index (χ3n) is 3.41. The Balaban J connectivity index is 2.11. The minimum absolute atomic E-state index is 0.228. The molecule has 0 aliphatic heterocycles. The zero-order valence-corrected chi connectivity index (χ0v) is 12.0. The topological polar surface area (TPSA) is 29.1 Å². The molecular weight excluding hydrogens is 291 g/mol. The van der Waals surface area contributed by atoms with Crippen LogP contribution in [-0.2, 0) is 11.0 Å². The van der Waals surface area contributed by atoms with Crippen LogP contribution < -0.4 is 5.32 Å². The smallest absolute Gasteiger partial charge is 0.326 e. The van der Waals surface area contributed by atoms with Crippen LogP contribution in [0.2, 0.25) is 0 Å². The van der Waals surface area contributed by atoms with Gasteiger partial charge in [0.15, 0.2) is 0 Å². The Morgan fingerprint density at radius 3 is 2.14 bits per heavy atom. The van der Waals surface area contributed by atoms with Crippen LogP contribution in [0.3, 0.4) is 0 Å². The minimum Gasteiger partial charge on any atom is -0.326 e. The Bertz CT molecular complexity index is 621. The summed E-state index contributed by atoms with van der Waals surface area (Å²) in [6, 6.07) is 13.7. The third kappa shape index (κ3) is 3.87. The number of carbonyl (C=O) groups is 1. The number of hydrogen-bond acceptors (Lipinski definition) is 1. The van der Waals surface area contributed by atoms with Crippen LogP contribution in [0.4, 0.5) is 18.9 Å². The second-order valence-electron chi connectivity index (χ2n) is 4.94. The van der Waals surface area contributed by atoms with E-state index >= 15 is 0 Å². The first kappa shape index (κ1) is 16.1. The van der Waals surface area contributed by atoms with Gasteiger partial charge >= 0.3 is 6.18 Å². The molecule has 22 heavy (non-hydrogen) atoms. The molecular formula is C17H16F3NO. The summed E-state index contributed by atoms with van der Waals surface area (Å²) < 4.78 is 37.5. The molecule has 1 N–H and O–H groups in total. The summed E-state index contributed by atoms with van der Waals surface area (Å²) in [4.78, 5) is 12.3. The second kappa shape index (κ2) is 6.64. The van der Waals surface area contributed by atoms with Crippen molar-refractivity contribution in [3.8, 4) is 0 Å². The zero-order valence-electron chi connectivity index (χ0n) is 12.0. The van der Waals surface area contributed by atoms with Crippen LogP contribution in [-0.4, -0.2) is 5.91 Å². The SMILES string of the molecule is CC[C@H](C(=O)Nc1ccc(C(F)(F)F)cc1)c1ccccc1. The van der Waals surface area contributed by atoms with Crippen molar-refractivity contribution >= 4 is 11.6 Å². The predicted molar refractivity (Wildman–Crippen MR) is 79.5 cm³/mol. The van der Waals surface area contributed by atoms with E-state index in [1.807, 2.05) is 37.3 Å². The minimum atomic E-state index is -4.38. The van der Waals surface area contributed by atoms with Crippen molar-refractivity contribution in [2.75, 3.05) is 5.32 Å². The van der Waals surface area contributed by atoms with E-state index < -0.39 is 11.7 Å². The van der Waals surface area contributed by atoms with Gasteiger partial charge in [-0.2, -0.15) is 13.2 Å². The largest absolute Gasteiger partial charge is 0.416 e. The number of amides is 1. The van der Waals surface area contributed by atoms with Gasteiger partial charge in [0.2, 0.25) is 5.91 Å². The highest BCUT2D eigenvalue weighted by atomic mass is 19.4. The first-order chi connectivity index (χ1) is 10.4. The number of anilines is 1. The van der Waals surface area contributed by atoms with E-state index in [0.29, 0.717) is 12.1 Å². The quantitative estimate of drug-likeness (QED) is 0.860. The standard InChI is InChI=1S/C17H16F3NO/c1-2-15(12-6-4-3-5-7-12)16(22)21-14-10-8-13(9-11-14)17(18,19)20/h3-11,15H,2H2,1H3,(H,21,22)/t15-/m0/s1. The molecule has 5 heteroatoms. The summed E-state index contributed by atoms with van der Waals surface area (Å²) in [5, 5.41) is 2.66. The van der Waals surface area contributed by atoms with E-state index in [0.717, 1.165) is 17.7 Å². The second-order valence-corrected chi connectivity index (χ2v) is 4.94. The predicted octanol–water partition coefficient (Wildman–Crippen LogP) is 4.84. The van der Waals surface area contributed by atoms with Gasteiger partial charge in [-0.25, -0.2) is 0 Å². The normalized spacial score (nSPS) is 12.7. The zero-order chi connectivity index (χ0) is 16.2. The molecule has 2 rings (SSSR count). The summed E-state index contributed by atoms with van der Waals surface area (Å²) in [5.74, 6) is -0.558. The van der Waals surface area contributed by atoms with Crippen LogP contribution in [0.15, 0.2) is 54.6 Å². The van der Waals surface area contributed by atoms with Crippen molar-refractivity contribution in [2.45, 2.75) is 25.4 Å². The number of alkyl halides is 3. The van der Waals surface area contributed by atoms with Gasteiger partial charge < -0.3 is 5.32 Å². The van der Waals surface area contributed by atoms with Crippen LogP contribution in [0.1, 0.15) is 30.4 Å². The first-order valence-electron chi connectivity index (χ1n) is 6.95. The van der Waals surface area contributed by atoms with Gasteiger partial charge in [-0.05, 0) is 36.2 Å². The molecule has 2 aromatic rings. The van der Waals surface area contributed by atoms with E-state index in [4.69, 9.17) is 0 Å². The number of benzene rings is 2. The average Bonchev–Trinajstić information content (AvgIpc) is 2.48.